The summed E-state index contributed by atoms with van der Waals surface area (Å²) < 4.78 is 0. The smallest absolute Gasteiger partial charge is 0.0787 e. The normalized spacial score (nSPS) is 15.9. The molecule has 1 nitrogen and oxygen atoms in total. The Bertz CT molecular complexity index is 3970. The summed E-state index contributed by atoms with van der Waals surface area (Å²) in [5.74, 6) is 0. The Morgan fingerprint density at radius 3 is 0.931 bits per heavy atom. The predicted octanol–water partition coefficient (Wildman–Crippen LogP) is 18.6. The first-order valence-corrected chi connectivity index (χ1v) is 25.9. The highest BCUT2D eigenvalue weighted by Crippen LogP contribution is 2.55. The molecule has 0 saturated heterocycles. The molecule has 10 aromatic rings. The molecule has 0 bridgehead atoms. The van der Waals surface area contributed by atoms with Gasteiger partial charge in [-0.15, -0.1) is 0 Å². The summed E-state index contributed by atoms with van der Waals surface area (Å²) in [7, 11) is 0. The number of hydrogen-bond donors (Lipinski definition) is 0. The molecule has 346 valence electrons. The quantitative estimate of drug-likeness (QED) is 0.168. The van der Waals surface area contributed by atoms with Crippen LogP contribution in [-0.4, -0.2) is 4.98 Å². The third-order valence-electron chi connectivity index (χ3n) is 17.7. The molecule has 0 saturated carbocycles. The van der Waals surface area contributed by atoms with Gasteiger partial charge in [0.15, 0.2) is 0 Å². The van der Waals surface area contributed by atoms with Crippen LogP contribution in [0.15, 0.2) is 200 Å². The van der Waals surface area contributed by atoms with Crippen LogP contribution in [-0.2, 0) is 21.7 Å². The first kappa shape index (κ1) is 43.0. The van der Waals surface area contributed by atoms with E-state index in [0.717, 1.165) is 28.1 Å². The molecule has 0 amide bonds. The number of hydrogen-bond acceptors (Lipinski definition) is 1. The second-order valence-corrected chi connectivity index (χ2v) is 23.1. The van der Waals surface area contributed by atoms with Gasteiger partial charge in [0.25, 0.3) is 0 Å². The zero-order valence-corrected chi connectivity index (χ0v) is 42.5. The van der Waals surface area contributed by atoms with Crippen molar-refractivity contribution in [3.05, 3.63) is 245 Å². The summed E-state index contributed by atoms with van der Waals surface area (Å²) in [5, 5.41) is 0. The molecule has 0 atom stereocenters. The minimum atomic E-state index is -0.222. The first-order valence-electron chi connectivity index (χ1n) is 25.9. The molecule has 0 radical (unpaired) electrons. The van der Waals surface area contributed by atoms with E-state index in [1.165, 1.54) is 117 Å². The Hall–Kier alpha value is -7.87. The Labute approximate surface area is 425 Å². The molecule has 1 aromatic heterocycles. The topological polar surface area (TPSA) is 12.9 Å². The first-order chi connectivity index (χ1) is 34.7. The van der Waals surface area contributed by atoms with Crippen molar-refractivity contribution < 1.29 is 0 Å². The van der Waals surface area contributed by atoms with E-state index >= 15 is 0 Å². The average Bonchev–Trinajstić information content (AvgIpc) is 3.97. The lowest BCUT2D eigenvalue weighted by Gasteiger charge is -2.24. The van der Waals surface area contributed by atoms with Crippen molar-refractivity contribution in [2.75, 3.05) is 0 Å². The van der Waals surface area contributed by atoms with E-state index in [4.69, 9.17) is 4.98 Å². The van der Waals surface area contributed by atoms with Gasteiger partial charge < -0.3 is 0 Å². The van der Waals surface area contributed by atoms with Crippen molar-refractivity contribution in [3.63, 3.8) is 0 Å². The second kappa shape index (κ2) is 14.8. The summed E-state index contributed by atoms with van der Waals surface area (Å²) in [6.45, 7) is 19.1. The minimum absolute atomic E-state index is 0.0316. The number of fused-ring (bicyclic) bond motifs is 12. The third-order valence-corrected chi connectivity index (χ3v) is 17.7. The third kappa shape index (κ3) is 5.97. The van der Waals surface area contributed by atoms with Crippen LogP contribution in [0.2, 0.25) is 0 Å². The summed E-state index contributed by atoms with van der Waals surface area (Å²) in [6, 6.07) is 75.7. The van der Waals surface area contributed by atoms with Gasteiger partial charge >= 0.3 is 0 Å². The molecule has 14 rings (SSSR count). The fourth-order valence-electron chi connectivity index (χ4n) is 13.6. The van der Waals surface area contributed by atoms with Gasteiger partial charge in [0.1, 0.15) is 0 Å². The van der Waals surface area contributed by atoms with Crippen molar-refractivity contribution in [3.8, 4) is 100 Å². The molecule has 0 spiro atoms. The number of nitrogens with zero attached hydrogens (tertiary/aromatic N) is 1. The van der Waals surface area contributed by atoms with Crippen LogP contribution < -0.4 is 0 Å². The van der Waals surface area contributed by atoms with Crippen molar-refractivity contribution in [2.24, 2.45) is 0 Å². The maximum absolute atomic E-state index is 5.59. The maximum atomic E-state index is 5.59. The summed E-state index contributed by atoms with van der Waals surface area (Å²) >= 11 is 0. The molecule has 0 N–H and O–H groups in total. The van der Waals surface area contributed by atoms with Crippen LogP contribution >= 0.6 is 0 Å². The van der Waals surface area contributed by atoms with E-state index < -0.39 is 0 Å². The fraction of sp³-hybridized carbons (Fsp3) is 0.169. The Morgan fingerprint density at radius 1 is 0.222 bits per heavy atom. The summed E-state index contributed by atoms with van der Waals surface area (Å²) in [4.78, 5) is 5.59. The van der Waals surface area contributed by atoms with E-state index in [-0.39, 0.29) is 21.7 Å². The number of rotatable bonds is 5. The molecule has 4 aliphatic carbocycles. The standard InChI is InChI=1S/C71H57N/c1-68(2)58-20-14-12-18-50(58)52-28-22-43(36-60(52)68)44-23-29-54-55-30-24-45(38-62(55)70(5,6)61(54)37-44)46-25-31-56-57-33-27-48(41-65(57)71(7,8)63(56)39-46)67-49(42-16-10-9-11-17-42)34-35-66(72-67)47-26-32-53-51-19-13-15-21-59(51)69(3,4)64(53)40-47/h9-41H,1-8H3. The zero-order chi connectivity index (χ0) is 49.1. The molecule has 1 heteroatoms. The number of benzene rings is 9. The van der Waals surface area contributed by atoms with E-state index in [1.807, 2.05) is 0 Å². The maximum Gasteiger partial charge on any atom is 0.0787 e. The Balaban J connectivity index is 0.795. The van der Waals surface area contributed by atoms with Crippen LogP contribution in [0.5, 0.6) is 0 Å². The highest BCUT2D eigenvalue weighted by atomic mass is 14.7. The van der Waals surface area contributed by atoms with Crippen molar-refractivity contribution in [1.82, 2.24) is 4.98 Å². The van der Waals surface area contributed by atoms with Gasteiger partial charge in [-0.2, -0.15) is 0 Å². The van der Waals surface area contributed by atoms with Crippen LogP contribution in [0.4, 0.5) is 0 Å². The lowest BCUT2D eigenvalue weighted by Crippen LogP contribution is -2.16. The van der Waals surface area contributed by atoms with Gasteiger partial charge in [-0.3, -0.25) is 0 Å². The monoisotopic (exact) mass is 923 g/mol. The van der Waals surface area contributed by atoms with E-state index in [2.05, 4.69) is 256 Å². The Morgan fingerprint density at radius 2 is 0.514 bits per heavy atom. The van der Waals surface area contributed by atoms with Gasteiger partial charge in [0.2, 0.25) is 0 Å². The van der Waals surface area contributed by atoms with Gasteiger partial charge in [-0.05, 0) is 159 Å². The summed E-state index contributed by atoms with van der Waals surface area (Å²) in [5.41, 5.74) is 33.0. The second-order valence-electron chi connectivity index (χ2n) is 23.1. The molecule has 9 aromatic carbocycles. The molecule has 1 heterocycles. The van der Waals surface area contributed by atoms with Crippen LogP contribution in [0.3, 0.4) is 0 Å². The molecule has 0 unspecified atom stereocenters. The molecule has 0 fully saturated rings. The lowest BCUT2D eigenvalue weighted by molar-refractivity contribution is 0.659. The highest BCUT2D eigenvalue weighted by molar-refractivity contribution is 5.92. The average molecular weight is 924 g/mol. The van der Waals surface area contributed by atoms with E-state index in [0.29, 0.717) is 0 Å². The predicted molar refractivity (Wildman–Crippen MR) is 302 cm³/mol. The lowest BCUT2D eigenvalue weighted by atomic mass is 9.79. The number of aromatic nitrogens is 1. The van der Waals surface area contributed by atoms with E-state index in [9.17, 15) is 0 Å². The fourth-order valence-corrected chi connectivity index (χ4v) is 13.6. The van der Waals surface area contributed by atoms with Gasteiger partial charge in [-0.1, -0.05) is 213 Å². The van der Waals surface area contributed by atoms with Crippen LogP contribution in [0.25, 0.3) is 100 Å². The van der Waals surface area contributed by atoms with Crippen LogP contribution in [0, 0.1) is 0 Å². The van der Waals surface area contributed by atoms with Crippen molar-refractivity contribution in [2.45, 2.75) is 77.0 Å². The van der Waals surface area contributed by atoms with Crippen molar-refractivity contribution in [1.29, 1.82) is 0 Å². The molecule has 4 aliphatic rings. The van der Waals surface area contributed by atoms with Crippen molar-refractivity contribution >= 4 is 0 Å². The Kier molecular flexibility index (Phi) is 8.86. The number of pyridine rings is 1. The molecule has 0 aliphatic heterocycles. The largest absolute Gasteiger partial charge is 0.247 e. The SMILES string of the molecule is CC1(C)c2ccccc2-c2ccc(-c3ccc4c(c3)C(C)(C)c3cc(-c5ccc6c(c5)C(C)(C)c5cc(-c7nc(-c8ccc9c(c8)C(C)(C)c8ccccc8-9)ccc7-c7ccccc7)ccc5-6)ccc3-4)cc21. The van der Waals surface area contributed by atoms with Crippen LogP contribution in [0.1, 0.15) is 99.9 Å². The minimum Gasteiger partial charge on any atom is -0.247 e. The van der Waals surface area contributed by atoms with E-state index in [1.54, 1.807) is 0 Å². The van der Waals surface area contributed by atoms with Gasteiger partial charge in [-0.25, -0.2) is 4.98 Å². The zero-order valence-electron chi connectivity index (χ0n) is 42.5. The highest BCUT2D eigenvalue weighted by Gasteiger charge is 2.40. The molecular weight excluding hydrogens is 867 g/mol. The molecule has 72 heavy (non-hydrogen) atoms. The molecular formula is C71H57N. The van der Waals surface area contributed by atoms with Gasteiger partial charge in [0, 0.05) is 38.4 Å². The summed E-state index contributed by atoms with van der Waals surface area (Å²) in [6.07, 6.45) is 0. The van der Waals surface area contributed by atoms with Gasteiger partial charge in [0.05, 0.1) is 11.4 Å².